The molecule has 1 fully saturated rings. The highest BCUT2D eigenvalue weighted by Gasteiger charge is 2.36. The molecule has 1 aromatic carbocycles. The second-order valence-corrected chi connectivity index (χ2v) is 12.3. The van der Waals surface area contributed by atoms with Crippen molar-refractivity contribution in [3.8, 4) is 11.3 Å². The summed E-state index contributed by atoms with van der Waals surface area (Å²) >= 11 is 0. The van der Waals surface area contributed by atoms with Gasteiger partial charge in [0.15, 0.2) is 6.20 Å². The van der Waals surface area contributed by atoms with Gasteiger partial charge in [-0.05, 0) is 77.5 Å². The Morgan fingerprint density at radius 3 is 2.03 bits per heavy atom. The topological polar surface area (TPSA) is 3.88 Å². The van der Waals surface area contributed by atoms with Crippen molar-refractivity contribution < 1.29 is 4.57 Å². The van der Waals surface area contributed by atoms with E-state index >= 15 is 0 Å². The minimum Gasteiger partial charge on any atom is -0.201 e. The summed E-state index contributed by atoms with van der Waals surface area (Å²) in [7, 11) is 2.20. The summed E-state index contributed by atoms with van der Waals surface area (Å²) in [6, 6.07) is 9.71. The molecule has 30 heavy (non-hydrogen) atoms. The third kappa shape index (κ3) is 4.51. The zero-order chi connectivity index (χ0) is 22.5. The van der Waals surface area contributed by atoms with Gasteiger partial charge in [-0.15, -0.1) is 0 Å². The lowest BCUT2D eigenvalue weighted by Gasteiger charge is -2.42. The summed E-state index contributed by atoms with van der Waals surface area (Å²) in [6.07, 6.45) is 7.60. The summed E-state index contributed by atoms with van der Waals surface area (Å²) in [5.74, 6) is 0.517. The highest BCUT2D eigenvalue weighted by Crippen LogP contribution is 2.47. The van der Waals surface area contributed by atoms with Crippen LogP contribution in [0.2, 0.25) is 0 Å². The molecule has 0 radical (unpaired) electrons. The van der Waals surface area contributed by atoms with Crippen molar-refractivity contribution in [3.05, 3.63) is 52.7 Å². The zero-order valence-electron chi connectivity index (χ0n) is 21.2. The molecule has 0 spiro atoms. The van der Waals surface area contributed by atoms with Gasteiger partial charge in [-0.1, -0.05) is 67.5 Å². The normalized spacial score (nSPS) is 18.6. The quantitative estimate of drug-likeness (QED) is 0.458. The van der Waals surface area contributed by atoms with Gasteiger partial charge in [0.05, 0.1) is 0 Å². The third-order valence-electron chi connectivity index (χ3n) is 7.64. The Balaban J connectivity index is 2.03. The molecule has 1 aliphatic carbocycles. The third-order valence-corrected chi connectivity index (χ3v) is 7.64. The van der Waals surface area contributed by atoms with Crippen molar-refractivity contribution in [1.29, 1.82) is 0 Å². The molecule has 1 aromatic heterocycles. The molecule has 164 valence electrons. The fourth-order valence-electron chi connectivity index (χ4n) is 5.13. The van der Waals surface area contributed by atoms with Crippen LogP contribution in [0.25, 0.3) is 11.3 Å². The first-order valence-corrected chi connectivity index (χ1v) is 11.9. The lowest BCUT2D eigenvalue weighted by atomic mass is 9.63. The molecule has 0 aliphatic heterocycles. The molecule has 1 aliphatic rings. The van der Waals surface area contributed by atoms with E-state index < -0.39 is 0 Å². The van der Waals surface area contributed by atoms with Crippen LogP contribution in [0.5, 0.6) is 0 Å². The average molecular weight is 407 g/mol. The number of aryl methyl sites for hydroxylation is 2. The van der Waals surface area contributed by atoms with E-state index in [0.717, 1.165) is 0 Å². The fourth-order valence-corrected chi connectivity index (χ4v) is 5.13. The summed E-state index contributed by atoms with van der Waals surface area (Å²) in [6.45, 7) is 21.2. The summed E-state index contributed by atoms with van der Waals surface area (Å²) in [5, 5.41) is 0. The van der Waals surface area contributed by atoms with Crippen molar-refractivity contribution in [2.24, 2.45) is 12.5 Å². The molecule has 1 heterocycles. The van der Waals surface area contributed by atoms with Crippen molar-refractivity contribution in [2.75, 3.05) is 0 Å². The number of nitrogens with zero attached hydrogens (tertiary/aromatic N) is 1. The van der Waals surface area contributed by atoms with Gasteiger partial charge in [-0.2, -0.15) is 0 Å². The lowest BCUT2D eigenvalue weighted by Crippen LogP contribution is -2.35. The first-order chi connectivity index (χ1) is 13.7. The molecular formula is C29H44N+. The van der Waals surface area contributed by atoms with Crippen LogP contribution in [0.15, 0.2) is 30.5 Å². The molecule has 0 saturated heterocycles. The molecule has 0 amide bonds. The maximum absolute atomic E-state index is 2.48. The molecule has 3 rings (SSSR count). The highest BCUT2D eigenvalue weighted by atomic mass is 14.9. The van der Waals surface area contributed by atoms with E-state index in [1.165, 1.54) is 59.2 Å². The number of pyridine rings is 1. The van der Waals surface area contributed by atoms with Gasteiger partial charge in [0.25, 0.3) is 0 Å². The maximum atomic E-state index is 2.48. The van der Waals surface area contributed by atoms with Gasteiger partial charge >= 0.3 is 0 Å². The van der Waals surface area contributed by atoms with Gasteiger partial charge in [-0.25, -0.2) is 4.57 Å². The summed E-state index contributed by atoms with van der Waals surface area (Å²) in [5.41, 5.74) is 9.51. The monoisotopic (exact) mass is 406 g/mol. The van der Waals surface area contributed by atoms with E-state index in [4.69, 9.17) is 0 Å². The van der Waals surface area contributed by atoms with E-state index in [-0.39, 0.29) is 5.41 Å². The van der Waals surface area contributed by atoms with Crippen LogP contribution >= 0.6 is 0 Å². The number of aromatic nitrogens is 1. The second kappa shape index (κ2) is 7.81. The first-order valence-electron chi connectivity index (χ1n) is 11.9. The molecule has 1 nitrogen and oxygen atoms in total. The zero-order valence-corrected chi connectivity index (χ0v) is 21.2. The number of hydrogen-bond donors (Lipinski definition) is 0. The number of hydrogen-bond acceptors (Lipinski definition) is 0. The number of benzene rings is 1. The van der Waals surface area contributed by atoms with E-state index in [9.17, 15) is 0 Å². The largest absolute Gasteiger partial charge is 0.212 e. The van der Waals surface area contributed by atoms with Crippen molar-refractivity contribution in [3.63, 3.8) is 0 Å². The molecule has 0 N–H and O–H groups in total. The minimum atomic E-state index is 0.151. The minimum absolute atomic E-state index is 0.151. The lowest BCUT2D eigenvalue weighted by molar-refractivity contribution is -0.661. The van der Waals surface area contributed by atoms with Gasteiger partial charge in [-0.3, -0.25) is 0 Å². The Hall–Kier alpha value is -1.63. The van der Waals surface area contributed by atoms with Crippen LogP contribution in [-0.4, -0.2) is 0 Å². The highest BCUT2D eigenvalue weighted by molar-refractivity contribution is 5.63. The Bertz CT molecular complexity index is 914. The van der Waals surface area contributed by atoms with Crippen LogP contribution in [-0.2, 0) is 17.9 Å². The summed E-state index contributed by atoms with van der Waals surface area (Å²) < 4.78 is 2.33. The van der Waals surface area contributed by atoms with Crippen LogP contribution in [0.1, 0.15) is 109 Å². The van der Waals surface area contributed by atoms with Crippen LogP contribution in [0.3, 0.4) is 0 Å². The summed E-state index contributed by atoms with van der Waals surface area (Å²) in [4.78, 5) is 0. The molecule has 0 atom stereocenters. The Morgan fingerprint density at radius 1 is 0.933 bits per heavy atom. The predicted octanol–water partition coefficient (Wildman–Crippen LogP) is 7.77. The second-order valence-electron chi connectivity index (χ2n) is 12.3. The van der Waals surface area contributed by atoms with Gasteiger partial charge < -0.3 is 0 Å². The van der Waals surface area contributed by atoms with Crippen molar-refractivity contribution in [2.45, 2.75) is 105 Å². The molecule has 1 heteroatoms. The van der Waals surface area contributed by atoms with Gasteiger partial charge in [0.2, 0.25) is 5.69 Å². The smallest absolute Gasteiger partial charge is 0.201 e. The average Bonchev–Trinajstić information content (AvgIpc) is 2.63. The molecular weight excluding hydrogens is 362 g/mol. The Morgan fingerprint density at radius 2 is 1.53 bits per heavy atom. The Labute approximate surface area is 185 Å². The van der Waals surface area contributed by atoms with E-state index in [1.54, 1.807) is 0 Å². The fraction of sp³-hybridized carbons (Fsp3) is 0.621. The van der Waals surface area contributed by atoms with Crippen LogP contribution in [0, 0.1) is 12.3 Å². The number of rotatable bonds is 3. The maximum Gasteiger partial charge on any atom is 0.212 e. The van der Waals surface area contributed by atoms with Crippen LogP contribution < -0.4 is 4.57 Å². The Kier molecular flexibility index (Phi) is 6.00. The van der Waals surface area contributed by atoms with E-state index in [1.807, 2.05) is 0 Å². The SMILES string of the molecule is Cc1cc(C2(C)CCC(C)(C)CC2)ccc1-c1cc(C(C)C)c(C(C)(C)C)c[n+]1C. The predicted molar refractivity (Wildman–Crippen MR) is 130 cm³/mol. The molecule has 0 bridgehead atoms. The molecule has 2 aromatic rings. The van der Waals surface area contributed by atoms with Gasteiger partial charge in [0, 0.05) is 17.2 Å². The van der Waals surface area contributed by atoms with Crippen molar-refractivity contribution in [1.82, 2.24) is 0 Å². The van der Waals surface area contributed by atoms with Crippen LogP contribution in [0.4, 0.5) is 0 Å². The van der Waals surface area contributed by atoms with Crippen molar-refractivity contribution >= 4 is 0 Å². The molecule has 0 unspecified atom stereocenters. The van der Waals surface area contributed by atoms with Gasteiger partial charge in [0.1, 0.15) is 7.05 Å². The van der Waals surface area contributed by atoms with E-state index in [0.29, 0.717) is 16.7 Å². The molecule has 1 saturated carbocycles. The standard InChI is InChI=1S/C29H44N/c1-20(2)24-18-26(30(10)19-25(24)27(4,5)6)23-12-11-22(17-21(23)3)29(9)15-13-28(7,8)14-16-29/h11-12,17-20H,13-16H2,1-10H3/q+1. The first kappa shape index (κ1) is 23.0. The van der Waals surface area contributed by atoms with E-state index in [2.05, 4.69) is 104 Å².